The van der Waals surface area contributed by atoms with Gasteiger partial charge in [0.1, 0.15) is 0 Å². The molecule has 0 aliphatic carbocycles. The minimum Gasteiger partial charge on any atom is -0.396 e. The van der Waals surface area contributed by atoms with Crippen LogP contribution in [0.2, 0.25) is 0 Å². The van der Waals surface area contributed by atoms with Crippen LogP contribution in [0.5, 0.6) is 0 Å². The van der Waals surface area contributed by atoms with Crippen LogP contribution in [0.4, 0.5) is 0 Å². The van der Waals surface area contributed by atoms with Crippen molar-refractivity contribution < 1.29 is 9.84 Å². The molecule has 6 heteroatoms. The molecule has 0 unspecified atom stereocenters. The minimum atomic E-state index is 0. The molecule has 0 saturated carbocycles. The summed E-state index contributed by atoms with van der Waals surface area (Å²) in [6.07, 6.45) is 4.77. The van der Waals surface area contributed by atoms with Gasteiger partial charge >= 0.3 is 0 Å². The van der Waals surface area contributed by atoms with Gasteiger partial charge in [-0.3, -0.25) is 4.99 Å². The van der Waals surface area contributed by atoms with Crippen molar-refractivity contribution >= 4 is 29.9 Å². The highest BCUT2D eigenvalue weighted by Crippen LogP contribution is 2.30. The van der Waals surface area contributed by atoms with Gasteiger partial charge in [-0.25, -0.2) is 0 Å². The molecule has 0 spiro atoms. The highest BCUT2D eigenvalue weighted by Gasteiger charge is 2.25. The summed E-state index contributed by atoms with van der Waals surface area (Å²) in [5, 5.41) is 16.0. The summed E-state index contributed by atoms with van der Waals surface area (Å²) in [6, 6.07) is 10.4. The van der Waals surface area contributed by atoms with Crippen molar-refractivity contribution in [3.8, 4) is 0 Å². The molecule has 0 fully saturated rings. The number of hydrogen-bond donors (Lipinski definition) is 3. The molecule has 3 N–H and O–H groups in total. The molecule has 1 aromatic rings. The van der Waals surface area contributed by atoms with Gasteiger partial charge in [-0.1, -0.05) is 44.2 Å². The average molecular weight is 505 g/mol. The summed E-state index contributed by atoms with van der Waals surface area (Å²) < 4.78 is 5.73. The normalized spacial score (nSPS) is 11.8. The van der Waals surface area contributed by atoms with E-state index in [2.05, 4.69) is 55.7 Å². The summed E-state index contributed by atoms with van der Waals surface area (Å²) in [6.45, 7) is 10.6. The summed E-state index contributed by atoms with van der Waals surface area (Å²) in [5.74, 6) is 0.853. The van der Waals surface area contributed by atoms with Gasteiger partial charge in [0.05, 0.1) is 6.61 Å². The molecule has 0 aliphatic heterocycles. The maximum atomic E-state index is 9.36. The fourth-order valence-corrected chi connectivity index (χ4v) is 3.05. The Morgan fingerprint density at radius 1 is 1.07 bits per heavy atom. The van der Waals surface area contributed by atoms with E-state index in [1.165, 1.54) is 5.56 Å². The van der Waals surface area contributed by atoms with Gasteiger partial charge in [0.25, 0.3) is 0 Å². The smallest absolute Gasteiger partial charge is 0.191 e. The van der Waals surface area contributed by atoms with Crippen LogP contribution in [-0.2, 0) is 11.2 Å². The lowest BCUT2D eigenvalue weighted by Gasteiger charge is -2.29. The number of benzene rings is 1. The molecule has 0 aromatic heterocycles. The van der Waals surface area contributed by atoms with Crippen molar-refractivity contribution in [1.29, 1.82) is 0 Å². The molecule has 1 aromatic carbocycles. The number of guanidine groups is 1. The van der Waals surface area contributed by atoms with Crippen LogP contribution in [0.3, 0.4) is 0 Å². The third kappa shape index (κ3) is 11.2. The highest BCUT2D eigenvalue weighted by molar-refractivity contribution is 14.0. The maximum Gasteiger partial charge on any atom is 0.191 e. The highest BCUT2D eigenvalue weighted by atomic mass is 127. The van der Waals surface area contributed by atoms with Gasteiger partial charge in [-0.05, 0) is 50.0 Å². The summed E-state index contributed by atoms with van der Waals surface area (Å²) >= 11 is 0. The van der Waals surface area contributed by atoms with Crippen LogP contribution in [0.15, 0.2) is 35.3 Å². The van der Waals surface area contributed by atoms with Crippen molar-refractivity contribution in [2.75, 3.05) is 39.5 Å². The SMILES string of the molecule is CCNC(=NCC(CC)(CC)CCO)NCCCOCCc1ccccc1.I. The molecule has 0 saturated heterocycles. The average Bonchev–Trinajstić information content (AvgIpc) is 2.71. The van der Waals surface area contributed by atoms with E-state index in [9.17, 15) is 5.11 Å². The van der Waals surface area contributed by atoms with Gasteiger partial charge in [0, 0.05) is 32.8 Å². The zero-order valence-corrected chi connectivity index (χ0v) is 20.2. The first kappa shape index (κ1) is 27.1. The second kappa shape index (κ2) is 17.0. The first-order chi connectivity index (χ1) is 13.2. The van der Waals surface area contributed by atoms with Crippen molar-refractivity contribution in [2.24, 2.45) is 10.4 Å². The zero-order chi connectivity index (χ0) is 19.8. The monoisotopic (exact) mass is 505 g/mol. The topological polar surface area (TPSA) is 65.9 Å². The number of ether oxygens (including phenoxy) is 1. The van der Waals surface area contributed by atoms with Crippen LogP contribution < -0.4 is 10.6 Å². The summed E-state index contributed by atoms with van der Waals surface area (Å²) in [4.78, 5) is 4.76. The Labute approximate surface area is 188 Å². The lowest BCUT2D eigenvalue weighted by Crippen LogP contribution is -2.39. The number of aliphatic imine (C=N–C) groups is 1. The fourth-order valence-electron chi connectivity index (χ4n) is 3.05. The van der Waals surface area contributed by atoms with Gasteiger partial charge in [0.2, 0.25) is 0 Å². The quantitative estimate of drug-likeness (QED) is 0.155. The van der Waals surface area contributed by atoms with E-state index in [1.54, 1.807) is 0 Å². The first-order valence-corrected chi connectivity index (χ1v) is 10.4. The largest absolute Gasteiger partial charge is 0.396 e. The lowest BCUT2D eigenvalue weighted by atomic mass is 9.79. The summed E-state index contributed by atoms with van der Waals surface area (Å²) in [7, 11) is 0. The second-order valence-electron chi connectivity index (χ2n) is 7.00. The Bertz CT molecular complexity index is 508. The van der Waals surface area contributed by atoms with Crippen molar-refractivity contribution in [3.05, 3.63) is 35.9 Å². The van der Waals surface area contributed by atoms with Crippen LogP contribution in [0.25, 0.3) is 0 Å². The number of nitrogens with zero attached hydrogens (tertiary/aromatic N) is 1. The van der Waals surface area contributed by atoms with Crippen LogP contribution in [0, 0.1) is 5.41 Å². The number of halogens is 1. The van der Waals surface area contributed by atoms with Crippen LogP contribution in [-0.4, -0.2) is 50.5 Å². The first-order valence-electron chi connectivity index (χ1n) is 10.4. The summed E-state index contributed by atoms with van der Waals surface area (Å²) in [5.41, 5.74) is 1.41. The van der Waals surface area contributed by atoms with Gasteiger partial charge < -0.3 is 20.5 Å². The molecular weight excluding hydrogens is 465 g/mol. The number of hydrogen-bond acceptors (Lipinski definition) is 3. The molecule has 5 nitrogen and oxygen atoms in total. The van der Waals surface area contributed by atoms with E-state index in [0.29, 0.717) is 0 Å². The standard InChI is InChI=1S/C22H39N3O2.HI/c1-4-22(5-2,14-16-26)19-25-21(23-6-3)24-15-10-17-27-18-13-20-11-8-7-9-12-20;/h7-9,11-12,26H,4-6,10,13-19H2,1-3H3,(H2,23,24,25);1H. The van der Waals surface area contributed by atoms with E-state index in [0.717, 1.165) is 70.9 Å². The number of aliphatic hydroxyl groups is 1. The van der Waals surface area contributed by atoms with Gasteiger partial charge in [0.15, 0.2) is 5.96 Å². The van der Waals surface area contributed by atoms with Gasteiger partial charge in [-0.2, -0.15) is 0 Å². The van der Waals surface area contributed by atoms with Crippen molar-refractivity contribution in [3.63, 3.8) is 0 Å². The number of rotatable bonds is 14. The molecule has 0 radical (unpaired) electrons. The van der Waals surface area contributed by atoms with Crippen LogP contribution >= 0.6 is 24.0 Å². The molecular formula is C22H40IN3O2. The fraction of sp³-hybridized carbons (Fsp3) is 0.682. The predicted molar refractivity (Wildman–Crippen MR) is 130 cm³/mol. The number of nitrogens with one attached hydrogen (secondary N) is 2. The molecule has 0 aliphatic rings. The molecule has 0 atom stereocenters. The Kier molecular flexibility index (Phi) is 16.5. The van der Waals surface area contributed by atoms with E-state index < -0.39 is 0 Å². The third-order valence-electron chi connectivity index (χ3n) is 5.19. The lowest BCUT2D eigenvalue weighted by molar-refractivity contribution is 0.135. The van der Waals surface area contributed by atoms with E-state index >= 15 is 0 Å². The molecule has 0 bridgehead atoms. The Balaban J connectivity index is 0.00000729. The minimum absolute atomic E-state index is 0. The van der Waals surface area contributed by atoms with Crippen molar-refractivity contribution in [1.82, 2.24) is 10.6 Å². The molecule has 0 amide bonds. The zero-order valence-electron chi connectivity index (χ0n) is 17.9. The second-order valence-corrected chi connectivity index (χ2v) is 7.00. The van der Waals surface area contributed by atoms with E-state index in [-0.39, 0.29) is 36.0 Å². The Morgan fingerprint density at radius 2 is 1.79 bits per heavy atom. The van der Waals surface area contributed by atoms with Crippen molar-refractivity contribution in [2.45, 2.75) is 52.9 Å². The Morgan fingerprint density at radius 3 is 2.39 bits per heavy atom. The third-order valence-corrected chi connectivity index (χ3v) is 5.19. The maximum absolute atomic E-state index is 9.36. The van der Waals surface area contributed by atoms with Crippen LogP contribution in [0.1, 0.15) is 52.0 Å². The molecule has 0 heterocycles. The molecule has 162 valence electrons. The van der Waals surface area contributed by atoms with E-state index in [4.69, 9.17) is 9.73 Å². The Hall–Kier alpha value is -0.860. The van der Waals surface area contributed by atoms with E-state index in [1.807, 2.05) is 6.07 Å². The molecule has 1 rings (SSSR count). The predicted octanol–water partition coefficient (Wildman–Crippen LogP) is 4.00. The molecule has 28 heavy (non-hydrogen) atoms. The van der Waals surface area contributed by atoms with Gasteiger partial charge in [-0.15, -0.1) is 24.0 Å². The number of aliphatic hydroxyl groups excluding tert-OH is 1.